The van der Waals surface area contributed by atoms with Crippen LogP contribution in [0.3, 0.4) is 0 Å². The molecule has 0 bridgehead atoms. The number of hydrogen-bond donors (Lipinski definition) is 1. The molecule has 1 amide bonds. The summed E-state index contributed by atoms with van der Waals surface area (Å²) in [6.45, 7) is 2.80. The molecule has 3 nitrogen and oxygen atoms in total. The van der Waals surface area contributed by atoms with Crippen LogP contribution >= 0.6 is 0 Å². The Bertz CT molecular complexity index is 229. The van der Waals surface area contributed by atoms with Gasteiger partial charge in [-0.2, -0.15) is 0 Å². The molecule has 0 aliphatic rings. The number of unbranched alkanes of at least 4 members (excludes halogenated alkanes) is 1. The first-order valence-electron chi connectivity index (χ1n) is 4.16. The van der Waals surface area contributed by atoms with Crippen LogP contribution in [0, 0.1) is 0 Å². The molecule has 1 aromatic heterocycles. The molecule has 1 rings (SSSR count). The highest BCUT2D eigenvalue weighted by Gasteiger charge is 2.05. The molecule has 1 heterocycles. The first-order valence-corrected chi connectivity index (χ1v) is 4.16. The lowest BCUT2D eigenvalue weighted by atomic mass is 10.3. The van der Waals surface area contributed by atoms with E-state index in [4.69, 9.17) is 4.42 Å². The normalized spacial score (nSPS) is 9.75. The fourth-order valence-corrected chi connectivity index (χ4v) is 0.874. The van der Waals surface area contributed by atoms with Crippen molar-refractivity contribution in [3.05, 3.63) is 24.2 Å². The van der Waals surface area contributed by atoms with E-state index < -0.39 is 0 Å². The van der Waals surface area contributed by atoms with Crippen molar-refractivity contribution < 1.29 is 9.21 Å². The molecule has 0 fully saturated rings. The molecule has 12 heavy (non-hydrogen) atoms. The minimum atomic E-state index is -0.131. The largest absolute Gasteiger partial charge is 0.459 e. The quantitative estimate of drug-likeness (QED) is 0.695. The summed E-state index contributed by atoms with van der Waals surface area (Å²) in [5.41, 5.74) is 0. The Morgan fingerprint density at radius 3 is 3.08 bits per heavy atom. The zero-order valence-electron chi connectivity index (χ0n) is 7.17. The van der Waals surface area contributed by atoms with Crippen LogP contribution in [0.2, 0.25) is 0 Å². The maximum Gasteiger partial charge on any atom is 0.286 e. The highest BCUT2D eigenvalue weighted by Crippen LogP contribution is 1.98. The Hall–Kier alpha value is -1.25. The van der Waals surface area contributed by atoms with Gasteiger partial charge in [-0.1, -0.05) is 13.3 Å². The molecule has 0 saturated heterocycles. The maximum absolute atomic E-state index is 11.2. The van der Waals surface area contributed by atoms with Crippen LogP contribution in [0.4, 0.5) is 0 Å². The van der Waals surface area contributed by atoms with Gasteiger partial charge in [0, 0.05) is 6.54 Å². The van der Waals surface area contributed by atoms with E-state index in [-0.39, 0.29) is 5.91 Å². The Kier molecular flexibility index (Phi) is 3.38. The molecule has 0 spiro atoms. The first kappa shape index (κ1) is 8.84. The van der Waals surface area contributed by atoms with Crippen LogP contribution in [0.1, 0.15) is 30.3 Å². The molecule has 0 aromatic carbocycles. The lowest BCUT2D eigenvalue weighted by molar-refractivity contribution is 0.0925. The molecule has 3 heteroatoms. The molecule has 0 unspecified atom stereocenters. The van der Waals surface area contributed by atoms with Crippen molar-refractivity contribution in [1.29, 1.82) is 0 Å². The van der Waals surface area contributed by atoms with E-state index >= 15 is 0 Å². The van der Waals surface area contributed by atoms with Gasteiger partial charge in [0.2, 0.25) is 0 Å². The van der Waals surface area contributed by atoms with Crippen LogP contribution < -0.4 is 5.32 Å². The Morgan fingerprint density at radius 2 is 2.50 bits per heavy atom. The number of rotatable bonds is 4. The summed E-state index contributed by atoms with van der Waals surface area (Å²) in [6, 6.07) is 3.36. The summed E-state index contributed by atoms with van der Waals surface area (Å²) < 4.78 is 4.91. The smallest absolute Gasteiger partial charge is 0.286 e. The van der Waals surface area contributed by atoms with Gasteiger partial charge in [0.25, 0.3) is 5.91 Å². The predicted molar refractivity (Wildman–Crippen MR) is 45.9 cm³/mol. The van der Waals surface area contributed by atoms with Crippen molar-refractivity contribution in [2.75, 3.05) is 6.54 Å². The van der Waals surface area contributed by atoms with Gasteiger partial charge in [-0.15, -0.1) is 0 Å². The number of carbonyl (C=O) groups is 1. The third kappa shape index (κ3) is 2.42. The minimum Gasteiger partial charge on any atom is -0.459 e. The van der Waals surface area contributed by atoms with Gasteiger partial charge in [0.1, 0.15) is 0 Å². The lowest BCUT2D eigenvalue weighted by Gasteiger charge is -1.99. The maximum atomic E-state index is 11.2. The van der Waals surface area contributed by atoms with Crippen molar-refractivity contribution in [2.24, 2.45) is 0 Å². The van der Waals surface area contributed by atoms with Gasteiger partial charge in [0.05, 0.1) is 6.26 Å². The molecular weight excluding hydrogens is 154 g/mol. The van der Waals surface area contributed by atoms with E-state index in [1.807, 2.05) is 0 Å². The molecule has 66 valence electrons. The van der Waals surface area contributed by atoms with Gasteiger partial charge < -0.3 is 9.73 Å². The highest BCUT2D eigenvalue weighted by molar-refractivity contribution is 5.91. The summed E-state index contributed by atoms with van der Waals surface area (Å²) in [6.07, 6.45) is 3.58. The number of furan rings is 1. The van der Waals surface area contributed by atoms with Gasteiger partial charge >= 0.3 is 0 Å². The van der Waals surface area contributed by atoms with E-state index in [1.165, 1.54) is 6.26 Å². The van der Waals surface area contributed by atoms with Crippen LogP contribution in [-0.2, 0) is 0 Å². The van der Waals surface area contributed by atoms with Crippen molar-refractivity contribution in [3.63, 3.8) is 0 Å². The molecular formula is C9H13NO2. The fraction of sp³-hybridized carbons (Fsp3) is 0.444. The van der Waals surface area contributed by atoms with E-state index in [0.717, 1.165) is 19.4 Å². The van der Waals surface area contributed by atoms with E-state index in [2.05, 4.69) is 12.2 Å². The first-order chi connectivity index (χ1) is 5.84. The molecule has 0 aliphatic heterocycles. The van der Waals surface area contributed by atoms with Gasteiger partial charge in [-0.25, -0.2) is 0 Å². The monoisotopic (exact) mass is 167 g/mol. The minimum absolute atomic E-state index is 0.131. The van der Waals surface area contributed by atoms with Gasteiger partial charge in [-0.3, -0.25) is 4.79 Å². The second-order valence-electron chi connectivity index (χ2n) is 2.59. The lowest BCUT2D eigenvalue weighted by Crippen LogP contribution is -2.23. The summed E-state index contributed by atoms with van der Waals surface area (Å²) >= 11 is 0. The average Bonchev–Trinajstić information content (AvgIpc) is 2.56. The fourth-order valence-electron chi connectivity index (χ4n) is 0.874. The average molecular weight is 167 g/mol. The SMILES string of the molecule is CCCCNC(=O)c1ccco1. The second kappa shape index (κ2) is 4.59. The Morgan fingerprint density at radius 1 is 1.67 bits per heavy atom. The summed E-state index contributed by atoms with van der Waals surface area (Å²) in [5, 5.41) is 2.75. The van der Waals surface area contributed by atoms with Crippen molar-refractivity contribution in [1.82, 2.24) is 5.32 Å². The third-order valence-electron chi connectivity index (χ3n) is 1.56. The van der Waals surface area contributed by atoms with Crippen molar-refractivity contribution >= 4 is 5.91 Å². The number of carbonyl (C=O) groups excluding carboxylic acids is 1. The standard InChI is InChI=1S/C9H13NO2/c1-2-3-6-10-9(11)8-5-4-7-12-8/h4-5,7H,2-3,6H2,1H3,(H,10,11). The van der Waals surface area contributed by atoms with Crippen LogP contribution in [-0.4, -0.2) is 12.5 Å². The molecule has 1 aromatic rings. The third-order valence-corrected chi connectivity index (χ3v) is 1.56. The molecule has 0 radical (unpaired) electrons. The summed E-state index contributed by atoms with van der Waals surface area (Å²) in [5.74, 6) is 0.250. The molecule has 1 N–H and O–H groups in total. The predicted octanol–water partition coefficient (Wildman–Crippen LogP) is 1.81. The van der Waals surface area contributed by atoms with Gasteiger partial charge in [-0.05, 0) is 18.6 Å². The second-order valence-corrected chi connectivity index (χ2v) is 2.59. The molecule has 0 aliphatic carbocycles. The molecule has 0 saturated carbocycles. The van der Waals surface area contributed by atoms with Crippen LogP contribution in [0.25, 0.3) is 0 Å². The van der Waals surface area contributed by atoms with Gasteiger partial charge in [0.15, 0.2) is 5.76 Å². The van der Waals surface area contributed by atoms with Crippen LogP contribution in [0.5, 0.6) is 0 Å². The Labute approximate surface area is 71.8 Å². The van der Waals surface area contributed by atoms with E-state index in [0.29, 0.717) is 5.76 Å². The van der Waals surface area contributed by atoms with Crippen LogP contribution in [0.15, 0.2) is 22.8 Å². The zero-order chi connectivity index (χ0) is 8.81. The topological polar surface area (TPSA) is 42.2 Å². The summed E-state index contributed by atoms with van der Waals surface area (Å²) in [7, 11) is 0. The van der Waals surface area contributed by atoms with E-state index in [9.17, 15) is 4.79 Å². The number of amides is 1. The van der Waals surface area contributed by atoms with E-state index in [1.54, 1.807) is 12.1 Å². The number of nitrogens with one attached hydrogen (secondary N) is 1. The highest BCUT2D eigenvalue weighted by atomic mass is 16.3. The van der Waals surface area contributed by atoms with Crippen molar-refractivity contribution in [3.8, 4) is 0 Å². The number of hydrogen-bond acceptors (Lipinski definition) is 2. The molecule has 0 atom stereocenters. The Balaban J connectivity index is 2.30. The zero-order valence-corrected chi connectivity index (χ0v) is 7.17. The summed E-state index contributed by atoms with van der Waals surface area (Å²) in [4.78, 5) is 11.2. The van der Waals surface area contributed by atoms with Crippen molar-refractivity contribution in [2.45, 2.75) is 19.8 Å².